The number of hydrogen-bond acceptors (Lipinski definition) is 10. The van der Waals surface area contributed by atoms with Crippen molar-refractivity contribution in [1.29, 1.82) is 5.26 Å². The Morgan fingerprint density at radius 1 is 1.34 bits per heavy atom. The topological polar surface area (TPSA) is 114 Å². The van der Waals surface area contributed by atoms with Crippen LogP contribution < -0.4 is 15.4 Å². The molecule has 0 radical (unpaired) electrons. The number of rotatable bonds is 4. The van der Waals surface area contributed by atoms with Crippen LogP contribution in [0.5, 0.6) is 5.75 Å². The Kier molecular flexibility index (Phi) is 5.47. The molecule has 2 aliphatic rings. The lowest BCUT2D eigenvalue weighted by atomic mass is 9.81. The molecule has 32 heavy (non-hydrogen) atoms. The molecule has 5 rings (SSSR count). The highest BCUT2D eigenvalue weighted by Gasteiger charge is 2.36. The van der Waals surface area contributed by atoms with Crippen LogP contribution in [0.4, 0.5) is 10.8 Å². The fraction of sp³-hybridized carbons (Fsp3) is 0.455. The molecule has 1 aliphatic carbocycles. The van der Waals surface area contributed by atoms with Crippen molar-refractivity contribution in [2.75, 3.05) is 37.1 Å². The van der Waals surface area contributed by atoms with E-state index in [1.165, 1.54) is 23.1 Å². The molecule has 2 N–H and O–H groups in total. The largest absolute Gasteiger partial charge is 0.486 e. The minimum absolute atomic E-state index is 0.0283. The van der Waals surface area contributed by atoms with E-state index < -0.39 is 0 Å². The lowest BCUT2D eigenvalue weighted by molar-refractivity contribution is 0.307. The third kappa shape index (κ3) is 3.22. The van der Waals surface area contributed by atoms with Gasteiger partial charge in [-0.2, -0.15) is 5.26 Å². The number of nitrogens with zero attached hydrogens (tertiary/aromatic N) is 5. The zero-order valence-corrected chi connectivity index (χ0v) is 19.9. The number of ether oxygens (including phenoxy) is 1. The quantitative estimate of drug-likeness (QED) is 0.444. The molecule has 3 aromatic rings. The molecule has 0 fully saturated rings. The lowest BCUT2D eigenvalue weighted by Crippen LogP contribution is -2.30. The molecule has 0 saturated heterocycles. The molecule has 0 bridgehead atoms. The highest BCUT2D eigenvalue weighted by atomic mass is 32.2. The maximum Gasteiger partial charge on any atom is 0.190 e. The van der Waals surface area contributed by atoms with Crippen molar-refractivity contribution < 1.29 is 9.26 Å². The minimum Gasteiger partial charge on any atom is -0.486 e. The second kappa shape index (κ2) is 8.30. The summed E-state index contributed by atoms with van der Waals surface area (Å²) in [4.78, 5) is 12.6. The molecule has 3 aromatic heterocycles. The zero-order chi connectivity index (χ0) is 22.4. The summed E-state index contributed by atoms with van der Waals surface area (Å²) < 4.78 is 12.0. The Hall–Kier alpha value is -2.77. The van der Waals surface area contributed by atoms with Crippen LogP contribution in [0.3, 0.4) is 0 Å². The number of thiophene rings is 1. The number of thioether (sulfide) groups is 1. The molecule has 10 heteroatoms. The smallest absolute Gasteiger partial charge is 0.190 e. The van der Waals surface area contributed by atoms with Crippen LogP contribution in [0.2, 0.25) is 0 Å². The number of nitrogens with two attached hydrogens (primary N) is 1. The molecule has 166 valence electrons. The Balaban J connectivity index is 1.67. The second-order valence-electron chi connectivity index (χ2n) is 7.94. The number of nitriles is 1. The summed E-state index contributed by atoms with van der Waals surface area (Å²) in [6.45, 7) is 3.43. The summed E-state index contributed by atoms with van der Waals surface area (Å²) in [5.41, 5.74) is 10.2. The first-order valence-corrected chi connectivity index (χ1v) is 12.7. The lowest BCUT2D eigenvalue weighted by Gasteiger charge is -2.28. The highest BCUT2D eigenvalue weighted by molar-refractivity contribution is 7.98. The van der Waals surface area contributed by atoms with Gasteiger partial charge in [0.2, 0.25) is 0 Å². The van der Waals surface area contributed by atoms with E-state index in [0.717, 1.165) is 59.8 Å². The summed E-state index contributed by atoms with van der Waals surface area (Å²) in [6.07, 6.45) is 5.50. The first-order valence-electron chi connectivity index (χ1n) is 10.7. The summed E-state index contributed by atoms with van der Waals surface area (Å²) in [5.74, 6) is 2.22. The van der Waals surface area contributed by atoms with Crippen molar-refractivity contribution in [3.63, 3.8) is 0 Å². The average molecular weight is 469 g/mol. The molecular formula is C22H24N6O2S2. The summed E-state index contributed by atoms with van der Waals surface area (Å²) in [6, 6.07) is 2.32. The minimum atomic E-state index is -0.0283. The van der Waals surface area contributed by atoms with E-state index >= 15 is 0 Å². The van der Waals surface area contributed by atoms with Crippen molar-refractivity contribution in [2.24, 2.45) is 0 Å². The normalized spacial score (nSPS) is 17.4. The monoisotopic (exact) mass is 468 g/mol. The number of aryl methyl sites for hydroxylation is 1. The third-order valence-corrected chi connectivity index (χ3v) is 7.88. The van der Waals surface area contributed by atoms with E-state index in [1.54, 1.807) is 0 Å². The van der Waals surface area contributed by atoms with Gasteiger partial charge in [-0.25, -0.2) is 9.97 Å². The van der Waals surface area contributed by atoms with Gasteiger partial charge in [-0.3, -0.25) is 0 Å². The molecule has 0 spiro atoms. The Morgan fingerprint density at radius 2 is 2.19 bits per heavy atom. The Labute approximate surface area is 194 Å². The molecule has 0 aromatic carbocycles. The SMILES string of the molecule is CCc1sc(N)c(C#N)c1C1CCCc2c(-c3nc(SC)nc4c3OCCN4C)noc21. The third-order valence-electron chi connectivity index (χ3n) is 6.15. The Morgan fingerprint density at radius 3 is 2.94 bits per heavy atom. The highest BCUT2D eigenvalue weighted by Crippen LogP contribution is 2.48. The van der Waals surface area contributed by atoms with Gasteiger partial charge in [-0.15, -0.1) is 11.3 Å². The van der Waals surface area contributed by atoms with Crippen LogP contribution in [-0.4, -0.2) is 41.6 Å². The van der Waals surface area contributed by atoms with Gasteiger partial charge in [0.25, 0.3) is 0 Å². The van der Waals surface area contributed by atoms with E-state index in [4.69, 9.17) is 20.0 Å². The van der Waals surface area contributed by atoms with Gasteiger partial charge in [-0.05, 0) is 37.5 Å². The zero-order valence-electron chi connectivity index (χ0n) is 18.3. The number of aromatic nitrogens is 3. The van der Waals surface area contributed by atoms with E-state index in [2.05, 4.69) is 28.0 Å². The standard InChI is InChI=1S/C22H24N6O2S2/c1-4-14-15(13(10-23)20(24)32-14)11-6-5-7-12-16(27-30-18(11)12)17-19-21(26-22(25-17)31-3)28(2)8-9-29-19/h11H,4-9,24H2,1-3H3. The van der Waals surface area contributed by atoms with Crippen molar-refractivity contribution in [1.82, 2.24) is 15.1 Å². The van der Waals surface area contributed by atoms with Gasteiger partial charge in [0, 0.05) is 23.4 Å². The van der Waals surface area contributed by atoms with Crippen LogP contribution in [0.1, 0.15) is 53.0 Å². The number of fused-ring (bicyclic) bond motifs is 2. The fourth-order valence-electron chi connectivity index (χ4n) is 4.62. The van der Waals surface area contributed by atoms with E-state index in [0.29, 0.717) is 39.5 Å². The summed E-state index contributed by atoms with van der Waals surface area (Å²) >= 11 is 3.00. The van der Waals surface area contributed by atoms with Crippen LogP contribution in [0, 0.1) is 11.3 Å². The van der Waals surface area contributed by atoms with Gasteiger partial charge in [0.05, 0.1) is 12.1 Å². The molecule has 8 nitrogen and oxygen atoms in total. The molecule has 0 amide bonds. The first-order chi connectivity index (χ1) is 15.6. The van der Waals surface area contributed by atoms with Crippen LogP contribution in [0.25, 0.3) is 11.4 Å². The van der Waals surface area contributed by atoms with Gasteiger partial charge in [-0.1, -0.05) is 23.8 Å². The number of nitrogen functional groups attached to an aromatic ring is 1. The molecule has 4 heterocycles. The molecule has 0 saturated carbocycles. The molecule has 1 unspecified atom stereocenters. The predicted octanol–water partition coefficient (Wildman–Crippen LogP) is 4.23. The predicted molar refractivity (Wildman–Crippen MR) is 126 cm³/mol. The first kappa shape index (κ1) is 21.1. The molecule has 1 aliphatic heterocycles. The van der Waals surface area contributed by atoms with E-state index in [1.807, 2.05) is 13.3 Å². The van der Waals surface area contributed by atoms with Gasteiger partial charge >= 0.3 is 0 Å². The van der Waals surface area contributed by atoms with E-state index in [9.17, 15) is 5.26 Å². The average Bonchev–Trinajstić information content (AvgIpc) is 3.39. The maximum atomic E-state index is 9.77. The van der Waals surface area contributed by atoms with Crippen LogP contribution in [0.15, 0.2) is 9.68 Å². The van der Waals surface area contributed by atoms with Gasteiger partial charge in [0.15, 0.2) is 16.7 Å². The van der Waals surface area contributed by atoms with Crippen molar-refractivity contribution in [3.05, 3.63) is 27.3 Å². The molecular weight excluding hydrogens is 444 g/mol. The molecule has 1 atom stereocenters. The Bertz CT molecular complexity index is 1230. The van der Waals surface area contributed by atoms with Crippen LogP contribution in [-0.2, 0) is 12.8 Å². The number of anilines is 2. The van der Waals surface area contributed by atoms with Gasteiger partial charge in [0.1, 0.15) is 34.8 Å². The number of likely N-dealkylation sites (N-methyl/N-ethyl adjacent to an activating group) is 1. The van der Waals surface area contributed by atoms with Crippen molar-refractivity contribution in [2.45, 2.75) is 43.7 Å². The number of hydrogen-bond donors (Lipinski definition) is 1. The van der Waals surface area contributed by atoms with Crippen LogP contribution >= 0.6 is 23.1 Å². The fourth-order valence-corrected chi connectivity index (χ4v) is 6.00. The van der Waals surface area contributed by atoms with Crippen molar-refractivity contribution in [3.8, 4) is 23.2 Å². The van der Waals surface area contributed by atoms with Gasteiger partial charge < -0.3 is 19.9 Å². The summed E-state index contributed by atoms with van der Waals surface area (Å²) in [7, 11) is 2.01. The van der Waals surface area contributed by atoms with E-state index in [-0.39, 0.29) is 5.92 Å². The second-order valence-corrected chi connectivity index (χ2v) is 9.85. The summed E-state index contributed by atoms with van der Waals surface area (Å²) in [5, 5.41) is 15.5. The van der Waals surface area contributed by atoms with Crippen molar-refractivity contribution >= 4 is 33.9 Å². The maximum absolute atomic E-state index is 9.77.